The van der Waals surface area contributed by atoms with E-state index in [1.54, 1.807) is 42.5 Å². The molecule has 2 atom stereocenters. The Morgan fingerprint density at radius 2 is 1.90 bits per heavy atom. The quantitative estimate of drug-likeness (QED) is 0.456. The van der Waals surface area contributed by atoms with Gasteiger partial charge in [-0.05, 0) is 53.8 Å². The molecule has 9 heteroatoms. The number of hydrogen-bond acceptors (Lipinski definition) is 5. The molecule has 1 aliphatic carbocycles. The standard InChI is InChI=1S/C22H20ClNO5S2/c23-17-6-4-15(5-7-17)19-8-9-20(30-19)31(28,29)24-22(21(26)27)13-18(22)16-3-1-2-14(12-16)10-11-25/h1-9,12,18,24-25H,10-11,13H2,(H,26,27)/t18-,22+/m0/s1. The van der Waals surface area contributed by atoms with Crippen molar-refractivity contribution in [3.63, 3.8) is 0 Å². The molecule has 3 N–H and O–H groups in total. The summed E-state index contributed by atoms with van der Waals surface area (Å²) in [6.45, 7) is -0.0147. The highest BCUT2D eigenvalue weighted by Gasteiger charge is 2.63. The van der Waals surface area contributed by atoms with Gasteiger partial charge in [0.1, 0.15) is 9.75 Å². The predicted molar refractivity (Wildman–Crippen MR) is 120 cm³/mol. The number of halogens is 1. The van der Waals surface area contributed by atoms with Gasteiger partial charge in [-0.25, -0.2) is 8.42 Å². The molecule has 0 spiro atoms. The highest BCUT2D eigenvalue weighted by Crippen LogP contribution is 2.52. The summed E-state index contributed by atoms with van der Waals surface area (Å²) in [6, 6.07) is 17.5. The van der Waals surface area contributed by atoms with Gasteiger partial charge in [0.15, 0.2) is 0 Å². The summed E-state index contributed by atoms with van der Waals surface area (Å²) in [6.07, 6.45) is 0.620. The van der Waals surface area contributed by atoms with Gasteiger partial charge in [0.05, 0.1) is 0 Å². The molecule has 1 aromatic heterocycles. The van der Waals surface area contributed by atoms with Gasteiger partial charge in [0.25, 0.3) is 10.0 Å². The number of hydrogen-bond donors (Lipinski definition) is 3. The second-order valence-electron chi connectivity index (χ2n) is 7.48. The molecular formula is C22H20ClNO5S2. The Morgan fingerprint density at radius 1 is 1.16 bits per heavy atom. The van der Waals surface area contributed by atoms with Crippen molar-refractivity contribution in [1.29, 1.82) is 0 Å². The normalized spacial score (nSPS) is 20.5. The third-order valence-corrected chi connectivity index (χ3v) is 8.78. The minimum absolute atomic E-state index is 0.0147. The number of sulfonamides is 1. The van der Waals surface area contributed by atoms with Gasteiger partial charge >= 0.3 is 5.97 Å². The maximum atomic E-state index is 13.0. The van der Waals surface area contributed by atoms with E-state index in [9.17, 15) is 18.3 Å². The van der Waals surface area contributed by atoms with Crippen LogP contribution in [0.15, 0.2) is 64.9 Å². The molecule has 1 aliphatic rings. The number of nitrogens with one attached hydrogen (secondary N) is 1. The third kappa shape index (κ3) is 4.40. The maximum absolute atomic E-state index is 13.0. The Hall–Kier alpha value is -2.23. The molecule has 2 aromatic carbocycles. The van der Waals surface area contributed by atoms with Crippen LogP contribution in [0.4, 0.5) is 0 Å². The first-order chi connectivity index (χ1) is 14.7. The fraction of sp³-hybridized carbons (Fsp3) is 0.227. The van der Waals surface area contributed by atoms with Gasteiger partial charge in [0, 0.05) is 22.4 Å². The topological polar surface area (TPSA) is 104 Å². The zero-order valence-corrected chi connectivity index (χ0v) is 18.7. The van der Waals surface area contributed by atoms with Crippen molar-refractivity contribution in [2.75, 3.05) is 6.61 Å². The Kier molecular flexibility index (Phi) is 5.93. The Morgan fingerprint density at radius 3 is 2.58 bits per heavy atom. The predicted octanol–water partition coefficient (Wildman–Crippen LogP) is 3.89. The summed E-state index contributed by atoms with van der Waals surface area (Å²) in [5.74, 6) is -1.68. The molecule has 0 radical (unpaired) electrons. The van der Waals surface area contributed by atoms with Crippen LogP contribution in [-0.4, -0.2) is 36.7 Å². The number of aliphatic carboxylic acids is 1. The molecule has 4 rings (SSSR count). The lowest BCUT2D eigenvalue weighted by atomic mass is 10.0. The summed E-state index contributed by atoms with van der Waals surface area (Å²) < 4.78 is 28.5. The zero-order chi connectivity index (χ0) is 22.2. The average Bonchev–Trinajstić information content (AvgIpc) is 3.22. The van der Waals surface area contributed by atoms with E-state index in [4.69, 9.17) is 16.7 Å². The van der Waals surface area contributed by atoms with E-state index in [1.807, 2.05) is 12.1 Å². The minimum Gasteiger partial charge on any atom is -0.480 e. The Balaban J connectivity index is 1.58. The van der Waals surface area contributed by atoms with Crippen molar-refractivity contribution in [1.82, 2.24) is 4.72 Å². The Labute approximate surface area is 189 Å². The summed E-state index contributed by atoms with van der Waals surface area (Å²) in [7, 11) is -4.04. The number of carboxylic acid groups (broad SMARTS) is 1. The second kappa shape index (κ2) is 8.37. The lowest BCUT2D eigenvalue weighted by Gasteiger charge is -2.15. The molecule has 1 fully saturated rings. The summed E-state index contributed by atoms with van der Waals surface area (Å²) in [5, 5.41) is 19.6. The van der Waals surface area contributed by atoms with Crippen LogP contribution in [0, 0.1) is 0 Å². The van der Waals surface area contributed by atoms with E-state index < -0.39 is 27.4 Å². The molecule has 3 aromatic rings. The number of carbonyl (C=O) groups is 1. The summed E-state index contributed by atoms with van der Waals surface area (Å²) >= 11 is 6.98. The second-order valence-corrected chi connectivity index (χ2v) is 10.9. The first kappa shape index (κ1) is 22.0. The van der Waals surface area contributed by atoms with Crippen LogP contribution in [-0.2, 0) is 21.2 Å². The van der Waals surface area contributed by atoms with Crippen molar-refractivity contribution in [2.24, 2.45) is 0 Å². The average molecular weight is 478 g/mol. The van der Waals surface area contributed by atoms with Crippen LogP contribution in [0.3, 0.4) is 0 Å². The SMILES string of the molecule is O=C(O)[C@@]1(NS(=O)(=O)c2ccc(-c3ccc(Cl)cc3)s2)C[C@H]1c1cccc(CCO)c1. The summed E-state index contributed by atoms with van der Waals surface area (Å²) in [5.41, 5.74) is 0.860. The smallest absolute Gasteiger partial charge is 0.325 e. The van der Waals surface area contributed by atoms with E-state index in [1.165, 1.54) is 6.07 Å². The van der Waals surface area contributed by atoms with E-state index >= 15 is 0 Å². The monoisotopic (exact) mass is 477 g/mol. The van der Waals surface area contributed by atoms with E-state index in [-0.39, 0.29) is 17.2 Å². The number of thiophene rings is 1. The van der Waals surface area contributed by atoms with Gasteiger partial charge in [0.2, 0.25) is 0 Å². The lowest BCUT2D eigenvalue weighted by molar-refractivity contribution is -0.140. The number of benzene rings is 2. The van der Waals surface area contributed by atoms with E-state index in [2.05, 4.69) is 4.72 Å². The molecule has 0 bridgehead atoms. The number of aliphatic hydroxyl groups excluding tert-OH is 1. The molecule has 0 amide bonds. The van der Waals surface area contributed by atoms with Crippen LogP contribution in [0.5, 0.6) is 0 Å². The van der Waals surface area contributed by atoms with Gasteiger partial charge in [-0.2, -0.15) is 4.72 Å². The van der Waals surface area contributed by atoms with E-state index in [0.29, 0.717) is 11.4 Å². The van der Waals surface area contributed by atoms with Gasteiger partial charge in [-0.15, -0.1) is 11.3 Å². The largest absolute Gasteiger partial charge is 0.480 e. The fourth-order valence-electron chi connectivity index (χ4n) is 3.68. The van der Waals surface area contributed by atoms with Gasteiger partial charge in [-0.1, -0.05) is 48.0 Å². The first-order valence-corrected chi connectivity index (χ1v) is 12.3. The minimum atomic E-state index is -4.04. The molecule has 0 aliphatic heterocycles. The first-order valence-electron chi connectivity index (χ1n) is 9.58. The molecule has 1 saturated carbocycles. The van der Waals surface area contributed by atoms with Crippen molar-refractivity contribution in [3.8, 4) is 10.4 Å². The number of rotatable bonds is 8. The highest BCUT2D eigenvalue weighted by molar-refractivity contribution is 7.91. The summed E-state index contributed by atoms with van der Waals surface area (Å²) in [4.78, 5) is 12.8. The van der Waals surface area contributed by atoms with Crippen LogP contribution in [0.25, 0.3) is 10.4 Å². The van der Waals surface area contributed by atoms with Crippen LogP contribution in [0.2, 0.25) is 5.02 Å². The number of carboxylic acids is 1. The number of aliphatic hydroxyl groups is 1. The van der Waals surface area contributed by atoms with Crippen molar-refractivity contribution in [2.45, 2.75) is 28.5 Å². The third-order valence-electron chi connectivity index (χ3n) is 5.39. The van der Waals surface area contributed by atoms with Gasteiger partial charge in [-0.3, -0.25) is 4.79 Å². The molecule has 31 heavy (non-hydrogen) atoms. The molecular weight excluding hydrogens is 458 g/mol. The van der Waals surface area contributed by atoms with Crippen molar-refractivity contribution >= 4 is 38.9 Å². The van der Waals surface area contributed by atoms with E-state index in [0.717, 1.165) is 32.9 Å². The van der Waals surface area contributed by atoms with Gasteiger partial charge < -0.3 is 10.2 Å². The van der Waals surface area contributed by atoms with Crippen molar-refractivity contribution < 1.29 is 23.4 Å². The van der Waals surface area contributed by atoms with Crippen LogP contribution >= 0.6 is 22.9 Å². The van der Waals surface area contributed by atoms with Crippen LogP contribution in [0.1, 0.15) is 23.5 Å². The van der Waals surface area contributed by atoms with Crippen molar-refractivity contribution in [3.05, 3.63) is 76.8 Å². The Bertz CT molecular complexity index is 1220. The molecule has 162 valence electrons. The molecule has 0 saturated heterocycles. The highest BCUT2D eigenvalue weighted by atomic mass is 35.5. The van der Waals surface area contributed by atoms with Crippen LogP contribution < -0.4 is 4.72 Å². The lowest BCUT2D eigenvalue weighted by Crippen LogP contribution is -2.44. The molecule has 6 nitrogen and oxygen atoms in total. The maximum Gasteiger partial charge on any atom is 0.325 e. The zero-order valence-electron chi connectivity index (χ0n) is 16.3. The molecule has 1 heterocycles. The fourth-order valence-corrected chi connectivity index (χ4v) is 6.52. The molecule has 0 unspecified atom stereocenters.